The van der Waals surface area contributed by atoms with E-state index in [0.29, 0.717) is 13.1 Å². The molecule has 1 heterocycles. The number of halogens is 1. The van der Waals surface area contributed by atoms with Crippen LogP contribution in [0.2, 0.25) is 0 Å². The second kappa shape index (κ2) is 8.45. The number of amides is 1. The average Bonchev–Trinajstić information content (AvgIpc) is 2.67. The van der Waals surface area contributed by atoms with Crippen LogP contribution in [-0.4, -0.2) is 62.3 Å². The van der Waals surface area contributed by atoms with Crippen molar-refractivity contribution >= 4 is 15.9 Å². The van der Waals surface area contributed by atoms with E-state index in [4.69, 9.17) is 0 Å². The molecule has 8 heteroatoms. The molecular formula is C18H26FN3O3S. The summed E-state index contributed by atoms with van der Waals surface area (Å²) in [6, 6.07) is 4.66. The molecule has 0 aromatic heterocycles. The van der Waals surface area contributed by atoms with E-state index in [1.54, 1.807) is 4.90 Å². The monoisotopic (exact) mass is 383 g/mol. The minimum Gasteiger partial charge on any atom is -0.339 e. The van der Waals surface area contributed by atoms with Gasteiger partial charge in [-0.2, -0.15) is 4.31 Å². The molecule has 6 nitrogen and oxygen atoms in total. The van der Waals surface area contributed by atoms with Gasteiger partial charge in [0.25, 0.3) is 0 Å². The highest BCUT2D eigenvalue weighted by Crippen LogP contribution is 2.28. The fourth-order valence-electron chi connectivity index (χ4n) is 3.67. The van der Waals surface area contributed by atoms with E-state index >= 15 is 0 Å². The molecule has 1 aromatic rings. The molecule has 1 aliphatic carbocycles. The maximum absolute atomic E-state index is 13.2. The van der Waals surface area contributed by atoms with E-state index in [-0.39, 0.29) is 23.4 Å². The molecule has 0 radical (unpaired) electrons. The van der Waals surface area contributed by atoms with Crippen molar-refractivity contribution in [3.05, 3.63) is 30.1 Å². The summed E-state index contributed by atoms with van der Waals surface area (Å²) in [5.74, 6) is -0.646. The Labute approximate surface area is 154 Å². The molecule has 0 bridgehead atoms. The van der Waals surface area contributed by atoms with E-state index in [9.17, 15) is 17.6 Å². The Morgan fingerprint density at radius 1 is 1.12 bits per heavy atom. The minimum atomic E-state index is -3.85. The standard InChI is InChI=1S/C18H26FN3O3S/c19-15-6-8-17(9-7-15)26(24,25)22(16-4-2-1-3-5-16)14-18(23)21-12-10-20-11-13-21/h6-9,16,20H,1-5,10-14H2. The van der Waals surface area contributed by atoms with Crippen molar-refractivity contribution in [1.82, 2.24) is 14.5 Å². The first-order valence-electron chi connectivity index (χ1n) is 9.24. The Kier molecular flexibility index (Phi) is 6.26. The molecule has 3 rings (SSSR count). The lowest BCUT2D eigenvalue weighted by molar-refractivity contribution is -0.132. The van der Waals surface area contributed by atoms with Crippen molar-refractivity contribution in [3.63, 3.8) is 0 Å². The van der Waals surface area contributed by atoms with Gasteiger partial charge in [-0.05, 0) is 37.1 Å². The van der Waals surface area contributed by atoms with Gasteiger partial charge in [-0.15, -0.1) is 0 Å². The van der Waals surface area contributed by atoms with Crippen LogP contribution in [-0.2, 0) is 14.8 Å². The summed E-state index contributed by atoms with van der Waals surface area (Å²) < 4.78 is 40.9. The van der Waals surface area contributed by atoms with E-state index in [1.807, 2.05) is 0 Å². The molecule has 1 amide bonds. The van der Waals surface area contributed by atoms with Crippen LogP contribution < -0.4 is 5.32 Å². The number of carbonyl (C=O) groups is 1. The van der Waals surface area contributed by atoms with Crippen molar-refractivity contribution in [1.29, 1.82) is 0 Å². The highest BCUT2D eigenvalue weighted by atomic mass is 32.2. The van der Waals surface area contributed by atoms with E-state index in [1.165, 1.54) is 16.4 Å². The Morgan fingerprint density at radius 2 is 1.73 bits per heavy atom. The van der Waals surface area contributed by atoms with Crippen molar-refractivity contribution in [2.75, 3.05) is 32.7 Å². The number of benzene rings is 1. The number of piperazine rings is 1. The molecule has 1 aromatic carbocycles. The van der Waals surface area contributed by atoms with Crippen LogP contribution in [0.4, 0.5) is 4.39 Å². The Balaban J connectivity index is 1.84. The second-order valence-corrected chi connectivity index (χ2v) is 8.82. The summed E-state index contributed by atoms with van der Waals surface area (Å²) in [4.78, 5) is 14.5. The van der Waals surface area contributed by atoms with Gasteiger partial charge >= 0.3 is 0 Å². The molecule has 26 heavy (non-hydrogen) atoms. The fourth-order valence-corrected chi connectivity index (χ4v) is 5.30. The number of sulfonamides is 1. The highest BCUT2D eigenvalue weighted by molar-refractivity contribution is 7.89. The number of hydrogen-bond donors (Lipinski definition) is 1. The third kappa shape index (κ3) is 4.42. The van der Waals surface area contributed by atoms with Gasteiger partial charge in [-0.25, -0.2) is 12.8 Å². The lowest BCUT2D eigenvalue weighted by atomic mass is 9.95. The van der Waals surface area contributed by atoms with Gasteiger partial charge < -0.3 is 10.2 Å². The third-order valence-electron chi connectivity index (χ3n) is 5.16. The first kappa shape index (κ1) is 19.3. The maximum Gasteiger partial charge on any atom is 0.243 e. The predicted molar refractivity (Wildman–Crippen MR) is 96.6 cm³/mol. The Morgan fingerprint density at radius 3 is 2.35 bits per heavy atom. The number of nitrogens with one attached hydrogen (secondary N) is 1. The van der Waals surface area contributed by atoms with Crippen LogP contribution in [0.15, 0.2) is 29.2 Å². The van der Waals surface area contributed by atoms with Gasteiger partial charge in [0.15, 0.2) is 0 Å². The Hall–Kier alpha value is -1.51. The molecule has 0 spiro atoms. The van der Waals surface area contributed by atoms with Crippen molar-refractivity contribution in [2.45, 2.75) is 43.0 Å². The van der Waals surface area contributed by atoms with Crippen LogP contribution in [0.5, 0.6) is 0 Å². The first-order valence-corrected chi connectivity index (χ1v) is 10.7. The van der Waals surface area contributed by atoms with Crippen LogP contribution in [0.1, 0.15) is 32.1 Å². The lowest BCUT2D eigenvalue weighted by Gasteiger charge is -2.35. The van der Waals surface area contributed by atoms with Crippen molar-refractivity contribution in [3.8, 4) is 0 Å². The summed E-state index contributed by atoms with van der Waals surface area (Å²) in [6.45, 7) is 2.48. The smallest absolute Gasteiger partial charge is 0.243 e. The highest BCUT2D eigenvalue weighted by Gasteiger charge is 2.35. The quantitative estimate of drug-likeness (QED) is 0.838. The largest absolute Gasteiger partial charge is 0.339 e. The number of hydrogen-bond acceptors (Lipinski definition) is 4. The molecule has 2 fully saturated rings. The summed E-state index contributed by atoms with van der Waals surface area (Å²) in [6.07, 6.45) is 4.53. The summed E-state index contributed by atoms with van der Waals surface area (Å²) in [5, 5.41) is 3.19. The molecule has 144 valence electrons. The van der Waals surface area contributed by atoms with Crippen molar-refractivity contribution < 1.29 is 17.6 Å². The summed E-state index contributed by atoms with van der Waals surface area (Å²) >= 11 is 0. The van der Waals surface area contributed by atoms with Crippen molar-refractivity contribution in [2.24, 2.45) is 0 Å². The topological polar surface area (TPSA) is 69.7 Å². The lowest BCUT2D eigenvalue weighted by Crippen LogP contribution is -2.52. The SMILES string of the molecule is O=C(CN(C1CCCCC1)S(=O)(=O)c1ccc(F)cc1)N1CCNCC1. The van der Waals surface area contributed by atoms with Gasteiger partial charge in [0.05, 0.1) is 11.4 Å². The zero-order valence-corrected chi connectivity index (χ0v) is 15.7. The molecular weight excluding hydrogens is 357 g/mol. The Bertz CT molecular complexity index is 712. The van der Waals surface area contributed by atoms with Gasteiger partial charge in [-0.1, -0.05) is 19.3 Å². The van der Waals surface area contributed by atoms with Gasteiger partial charge in [0.1, 0.15) is 5.82 Å². The van der Waals surface area contributed by atoms with E-state index in [0.717, 1.165) is 57.3 Å². The molecule has 0 unspecified atom stereocenters. The molecule has 1 saturated heterocycles. The van der Waals surface area contributed by atoms with Gasteiger partial charge in [0.2, 0.25) is 15.9 Å². The van der Waals surface area contributed by atoms with Crippen LogP contribution >= 0.6 is 0 Å². The van der Waals surface area contributed by atoms with Crippen LogP contribution in [0, 0.1) is 5.82 Å². The minimum absolute atomic E-state index is 0.0394. The van der Waals surface area contributed by atoms with Gasteiger partial charge in [-0.3, -0.25) is 4.79 Å². The zero-order chi connectivity index (χ0) is 18.6. The van der Waals surface area contributed by atoms with E-state index in [2.05, 4.69) is 5.32 Å². The van der Waals surface area contributed by atoms with E-state index < -0.39 is 15.8 Å². The number of nitrogens with zero attached hydrogens (tertiary/aromatic N) is 2. The number of rotatable bonds is 5. The number of carbonyl (C=O) groups excluding carboxylic acids is 1. The molecule has 0 atom stereocenters. The summed E-state index contributed by atoms with van der Waals surface area (Å²) in [5.41, 5.74) is 0. The molecule has 1 aliphatic heterocycles. The van der Waals surface area contributed by atoms with Crippen LogP contribution in [0.25, 0.3) is 0 Å². The zero-order valence-electron chi connectivity index (χ0n) is 14.9. The second-order valence-electron chi connectivity index (χ2n) is 6.93. The van der Waals surface area contributed by atoms with Gasteiger partial charge in [0, 0.05) is 32.2 Å². The molecule has 1 saturated carbocycles. The maximum atomic E-state index is 13.2. The molecule has 1 N–H and O–H groups in total. The summed E-state index contributed by atoms with van der Waals surface area (Å²) in [7, 11) is -3.85. The fraction of sp³-hybridized carbons (Fsp3) is 0.611. The first-order chi connectivity index (χ1) is 12.5. The molecule has 2 aliphatic rings. The van der Waals surface area contributed by atoms with Crippen LogP contribution in [0.3, 0.4) is 0 Å². The normalized spacial score (nSPS) is 19.7. The predicted octanol–water partition coefficient (Wildman–Crippen LogP) is 1.58. The average molecular weight is 383 g/mol. The third-order valence-corrected chi connectivity index (χ3v) is 7.08.